The van der Waals surface area contributed by atoms with Gasteiger partial charge in [-0.2, -0.15) is 0 Å². The zero-order valence-electron chi connectivity index (χ0n) is 10.3. The summed E-state index contributed by atoms with van der Waals surface area (Å²) in [4.78, 5) is 12.6. The number of carbonyl (C=O) groups excluding carboxylic acids is 1. The van der Waals surface area contributed by atoms with Gasteiger partial charge in [0.1, 0.15) is 5.82 Å². The average Bonchev–Trinajstić information content (AvgIpc) is 3.07. The summed E-state index contributed by atoms with van der Waals surface area (Å²) in [6, 6.07) is 8.67. The number of rotatable bonds is 3. The highest BCUT2D eigenvalue weighted by molar-refractivity contribution is 7.19. The summed E-state index contributed by atoms with van der Waals surface area (Å²) in [6.45, 7) is 0. The summed E-state index contributed by atoms with van der Waals surface area (Å²) in [5.74, 6) is -0.780. The monoisotopic (exact) mass is 323 g/mol. The summed E-state index contributed by atoms with van der Waals surface area (Å²) < 4.78 is 19.0. The Labute approximate surface area is 127 Å². The van der Waals surface area contributed by atoms with Gasteiger partial charge in [-0.3, -0.25) is 10.1 Å². The molecule has 5 nitrogen and oxygen atoms in total. The van der Waals surface area contributed by atoms with E-state index < -0.39 is 11.7 Å². The maximum absolute atomic E-state index is 13.1. The van der Waals surface area contributed by atoms with E-state index in [1.807, 2.05) is 0 Å². The van der Waals surface area contributed by atoms with Crippen LogP contribution in [0.1, 0.15) is 10.4 Å². The van der Waals surface area contributed by atoms with Crippen molar-refractivity contribution in [1.29, 1.82) is 0 Å². The number of nitrogens with one attached hydrogen (secondary N) is 1. The molecule has 0 radical (unpaired) electrons. The molecule has 1 aromatic carbocycles. The van der Waals surface area contributed by atoms with Crippen LogP contribution in [0.15, 0.2) is 40.8 Å². The molecule has 0 unspecified atom stereocenters. The molecule has 0 saturated carbocycles. The molecule has 0 spiro atoms. The third-order valence-electron chi connectivity index (χ3n) is 2.52. The topological polar surface area (TPSA) is 68.0 Å². The van der Waals surface area contributed by atoms with Gasteiger partial charge in [0.05, 0.1) is 9.21 Å². The molecular weight excluding hydrogens is 317 g/mol. The predicted molar refractivity (Wildman–Crippen MR) is 77.0 cm³/mol. The lowest BCUT2D eigenvalue weighted by Gasteiger charge is -1.99. The van der Waals surface area contributed by atoms with Crippen molar-refractivity contribution in [3.05, 3.63) is 52.1 Å². The van der Waals surface area contributed by atoms with Crippen molar-refractivity contribution in [3.8, 4) is 10.8 Å². The molecule has 0 aliphatic carbocycles. The molecule has 2 aromatic heterocycles. The number of nitrogens with zero attached hydrogens (tertiary/aromatic N) is 2. The summed E-state index contributed by atoms with van der Waals surface area (Å²) in [5, 5.41) is 9.93. The molecule has 3 aromatic rings. The van der Waals surface area contributed by atoms with Crippen LogP contribution in [-0.4, -0.2) is 16.1 Å². The van der Waals surface area contributed by atoms with E-state index in [-0.39, 0.29) is 17.5 Å². The Morgan fingerprint density at radius 3 is 2.86 bits per heavy atom. The van der Waals surface area contributed by atoms with Crippen molar-refractivity contribution in [2.45, 2.75) is 0 Å². The first-order valence-corrected chi connectivity index (χ1v) is 6.97. The normalized spacial score (nSPS) is 10.6. The number of hydrogen-bond acceptors (Lipinski definition) is 5. The first-order chi connectivity index (χ1) is 10.1. The van der Waals surface area contributed by atoms with E-state index >= 15 is 0 Å². The highest BCUT2D eigenvalue weighted by Crippen LogP contribution is 2.30. The predicted octanol–water partition coefficient (Wildman–Crippen LogP) is 3.84. The zero-order valence-corrected chi connectivity index (χ0v) is 11.9. The second-order valence-corrected chi connectivity index (χ2v) is 5.70. The third kappa shape index (κ3) is 3.09. The van der Waals surface area contributed by atoms with Crippen molar-refractivity contribution in [2.75, 3.05) is 5.32 Å². The molecular formula is C13H7ClFN3O2S. The van der Waals surface area contributed by atoms with Gasteiger partial charge in [-0.05, 0) is 30.3 Å². The lowest BCUT2D eigenvalue weighted by atomic mass is 10.2. The highest BCUT2D eigenvalue weighted by Gasteiger charge is 2.14. The standard InChI is InChI=1S/C13H7ClFN3O2S/c14-10-5-4-9(21-10)12-17-18-13(20-12)16-11(19)7-2-1-3-8(15)6-7/h1-6H,(H,16,18,19). The van der Waals surface area contributed by atoms with E-state index in [4.69, 9.17) is 16.0 Å². The highest BCUT2D eigenvalue weighted by atomic mass is 35.5. The summed E-state index contributed by atoms with van der Waals surface area (Å²) in [7, 11) is 0. The van der Waals surface area contributed by atoms with E-state index in [9.17, 15) is 9.18 Å². The quantitative estimate of drug-likeness (QED) is 0.795. The maximum atomic E-state index is 13.1. The molecule has 0 bridgehead atoms. The lowest BCUT2D eigenvalue weighted by molar-refractivity contribution is 0.102. The summed E-state index contributed by atoms with van der Waals surface area (Å²) in [5.41, 5.74) is 0.161. The van der Waals surface area contributed by atoms with Crippen molar-refractivity contribution in [1.82, 2.24) is 10.2 Å². The second-order valence-electron chi connectivity index (χ2n) is 3.98. The van der Waals surface area contributed by atoms with E-state index in [1.165, 1.54) is 29.5 Å². The van der Waals surface area contributed by atoms with Gasteiger partial charge in [0, 0.05) is 5.56 Å². The Bertz CT molecular complexity index is 802. The first-order valence-electron chi connectivity index (χ1n) is 5.78. The van der Waals surface area contributed by atoms with Crippen LogP contribution < -0.4 is 5.32 Å². The number of anilines is 1. The molecule has 0 saturated heterocycles. The fourth-order valence-electron chi connectivity index (χ4n) is 1.60. The van der Waals surface area contributed by atoms with E-state index in [2.05, 4.69) is 15.5 Å². The smallest absolute Gasteiger partial charge is 0.322 e. The number of benzene rings is 1. The van der Waals surface area contributed by atoms with Gasteiger partial charge in [-0.25, -0.2) is 4.39 Å². The molecule has 1 N–H and O–H groups in total. The van der Waals surface area contributed by atoms with Crippen molar-refractivity contribution in [3.63, 3.8) is 0 Å². The molecule has 0 aliphatic rings. The molecule has 1 amide bonds. The minimum atomic E-state index is -0.533. The Balaban J connectivity index is 1.77. The van der Waals surface area contributed by atoms with Crippen LogP contribution in [-0.2, 0) is 0 Å². The van der Waals surface area contributed by atoms with Gasteiger partial charge in [-0.1, -0.05) is 22.8 Å². The molecule has 0 atom stereocenters. The van der Waals surface area contributed by atoms with E-state index in [1.54, 1.807) is 12.1 Å². The molecule has 2 heterocycles. The SMILES string of the molecule is O=C(Nc1nnc(-c2ccc(Cl)s2)o1)c1cccc(F)c1. The molecule has 8 heteroatoms. The molecule has 106 valence electrons. The summed E-state index contributed by atoms with van der Waals surface area (Å²) in [6.07, 6.45) is 0. The van der Waals surface area contributed by atoms with Gasteiger partial charge in [0.15, 0.2) is 0 Å². The van der Waals surface area contributed by atoms with Gasteiger partial charge < -0.3 is 4.42 Å². The number of hydrogen-bond donors (Lipinski definition) is 1. The third-order valence-corrected chi connectivity index (χ3v) is 3.74. The Morgan fingerprint density at radius 1 is 1.29 bits per heavy atom. The first kappa shape index (κ1) is 13.7. The van der Waals surface area contributed by atoms with Gasteiger partial charge in [-0.15, -0.1) is 16.4 Å². The van der Waals surface area contributed by atoms with Gasteiger partial charge in [0.25, 0.3) is 11.8 Å². The largest absolute Gasteiger partial charge is 0.402 e. The summed E-state index contributed by atoms with van der Waals surface area (Å²) >= 11 is 7.10. The Kier molecular flexibility index (Phi) is 3.68. The maximum Gasteiger partial charge on any atom is 0.322 e. The molecule has 0 fully saturated rings. The van der Waals surface area contributed by atoms with Crippen molar-refractivity contribution >= 4 is 34.9 Å². The fourth-order valence-corrected chi connectivity index (χ4v) is 2.57. The Hall–Kier alpha value is -2.25. The molecule has 0 aliphatic heterocycles. The number of carbonyl (C=O) groups is 1. The number of aromatic nitrogens is 2. The van der Waals surface area contributed by atoms with Gasteiger partial charge in [0.2, 0.25) is 0 Å². The van der Waals surface area contributed by atoms with Crippen LogP contribution >= 0.6 is 22.9 Å². The van der Waals surface area contributed by atoms with E-state index in [0.29, 0.717) is 9.21 Å². The van der Waals surface area contributed by atoms with Crippen LogP contribution in [0, 0.1) is 5.82 Å². The average molecular weight is 324 g/mol. The minimum absolute atomic E-state index is 0.0659. The Morgan fingerprint density at radius 2 is 2.14 bits per heavy atom. The zero-order chi connectivity index (χ0) is 14.8. The van der Waals surface area contributed by atoms with Crippen LogP contribution in [0.5, 0.6) is 0 Å². The van der Waals surface area contributed by atoms with Crippen LogP contribution in [0.2, 0.25) is 4.34 Å². The molecule has 3 rings (SSSR count). The minimum Gasteiger partial charge on any atom is -0.402 e. The number of halogens is 2. The van der Waals surface area contributed by atoms with E-state index in [0.717, 1.165) is 6.07 Å². The second kappa shape index (κ2) is 5.63. The van der Waals surface area contributed by atoms with Crippen molar-refractivity contribution < 1.29 is 13.6 Å². The van der Waals surface area contributed by atoms with Crippen LogP contribution in [0.4, 0.5) is 10.4 Å². The number of thiophene rings is 1. The van der Waals surface area contributed by atoms with Crippen LogP contribution in [0.25, 0.3) is 10.8 Å². The van der Waals surface area contributed by atoms with Crippen LogP contribution in [0.3, 0.4) is 0 Å². The fraction of sp³-hybridized carbons (Fsp3) is 0. The van der Waals surface area contributed by atoms with Gasteiger partial charge >= 0.3 is 6.01 Å². The number of amides is 1. The lowest BCUT2D eigenvalue weighted by Crippen LogP contribution is -2.12. The van der Waals surface area contributed by atoms with Crippen molar-refractivity contribution in [2.24, 2.45) is 0 Å². The molecule has 21 heavy (non-hydrogen) atoms.